The number of para-hydroxylation sites is 1. The number of hydrogen-bond donors (Lipinski definition) is 1. The third-order valence-electron chi connectivity index (χ3n) is 7.39. The molecule has 0 atom stereocenters. The second-order valence-electron chi connectivity index (χ2n) is 10.1. The van der Waals surface area contributed by atoms with E-state index in [-0.39, 0.29) is 23.3 Å². The number of likely N-dealkylation sites (tertiary alicyclic amines) is 1. The molecular weight excluding hydrogens is 484 g/mol. The van der Waals surface area contributed by atoms with E-state index in [2.05, 4.69) is 10.2 Å². The fourth-order valence-corrected chi connectivity index (χ4v) is 5.51. The monoisotopic (exact) mass is 518 g/mol. The van der Waals surface area contributed by atoms with Gasteiger partial charge < -0.3 is 24.1 Å². The van der Waals surface area contributed by atoms with E-state index in [1.54, 1.807) is 24.3 Å². The second kappa shape index (κ2) is 11.8. The SMILES string of the molecule is CC(=O)Oc1ccccc1C(=O)NC1CCN(CCCOc2cccc3oc(=O)c4c(c23)CCCC4)CC1. The van der Waals surface area contributed by atoms with Gasteiger partial charge in [-0.3, -0.25) is 9.59 Å². The first-order valence-electron chi connectivity index (χ1n) is 13.5. The van der Waals surface area contributed by atoms with Crippen molar-refractivity contribution in [1.82, 2.24) is 10.2 Å². The summed E-state index contributed by atoms with van der Waals surface area (Å²) in [6, 6.07) is 12.6. The van der Waals surface area contributed by atoms with E-state index in [4.69, 9.17) is 13.9 Å². The van der Waals surface area contributed by atoms with Crippen molar-refractivity contribution in [2.24, 2.45) is 0 Å². The zero-order chi connectivity index (χ0) is 26.5. The summed E-state index contributed by atoms with van der Waals surface area (Å²) in [5, 5.41) is 4.04. The molecular formula is C30H34N2O6. The summed E-state index contributed by atoms with van der Waals surface area (Å²) in [4.78, 5) is 38.9. The molecule has 2 aromatic carbocycles. The molecule has 1 aliphatic carbocycles. The first-order chi connectivity index (χ1) is 18.5. The Morgan fingerprint density at radius 1 is 1.00 bits per heavy atom. The third-order valence-corrected chi connectivity index (χ3v) is 7.39. The number of fused-ring (bicyclic) bond motifs is 3. The van der Waals surface area contributed by atoms with Gasteiger partial charge in [0.1, 0.15) is 17.1 Å². The predicted molar refractivity (Wildman–Crippen MR) is 144 cm³/mol. The molecule has 1 fully saturated rings. The Kier molecular flexibility index (Phi) is 8.08. The van der Waals surface area contributed by atoms with Crippen LogP contribution in [0.25, 0.3) is 11.0 Å². The maximum atomic E-state index is 12.8. The molecule has 0 unspecified atom stereocenters. The molecule has 38 heavy (non-hydrogen) atoms. The van der Waals surface area contributed by atoms with Gasteiger partial charge in [-0.05, 0) is 74.8 Å². The summed E-state index contributed by atoms with van der Waals surface area (Å²) >= 11 is 0. The summed E-state index contributed by atoms with van der Waals surface area (Å²) in [5.74, 6) is 0.402. The molecule has 8 nitrogen and oxygen atoms in total. The van der Waals surface area contributed by atoms with E-state index >= 15 is 0 Å². The number of carbonyl (C=O) groups excluding carboxylic acids is 2. The highest BCUT2D eigenvalue weighted by Crippen LogP contribution is 2.33. The number of piperidine rings is 1. The Morgan fingerprint density at radius 2 is 1.74 bits per heavy atom. The van der Waals surface area contributed by atoms with E-state index < -0.39 is 5.97 Å². The maximum Gasteiger partial charge on any atom is 0.339 e. The van der Waals surface area contributed by atoms with Gasteiger partial charge in [0.05, 0.1) is 17.6 Å². The van der Waals surface area contributed by atoms with Crippen LogP contribution in [0.3, 0.4) is 0 Å². The van der Waals surface area contributed by atoms with Crippen molar-refractivity contribution < 1.29 is 23.5 Å². The van der Waals surface area contributed by atoms with E-state index in [1.165, 1.54) is 6.92 Å². The standard InChI is InChI=1S/C30H34N2O6/c1-20(33)37-25-11-5-4-10-24(25)29(34)31-21-14-17-32(18-15-21)16-7-19-36-26-12-6-13-27-28(26)22-8-2-3-9-23(22)30(35)38-27/h4-6,10-13,21H,2-3,7-9,14-19H2,1H3,(H,31,34). The Bertz CT molecular complexity index is 1370. The summed E-state index contributed by atoms with van der Waals surface area (Å²) in [5.41, 5.74) is 2.67. The van der Waals surface area contributed by atoms with Crippen molar-refractivity contribution in [3.05, 3.63) is 69.6 Å². The molecule has 0 bridgehead atoms. The van der Waals surface area contributed by atoms with Gasteiger partial charge in [0, 0.05) is 38.2 Å². The average Bonchev–Trinajstić information content (AvgIpc) is 2.92. The van der Waals surface area contributed by atoms with Gasteiger partial charge >= 0.3 is 11.6 Å². The van der Waals surface area contributed by atoms with Crippen molar-refractivity contribution in [2.45, 2.75) is 57.9 Å². The molecule has 5 rings (SSSR count). The van der Waals surface area contributed by atoms with Crippen LogP contribution in [0.5, 0.6) is 11.5 Å². The van der Waals surface area contributed by atoms with Crippen LogP contribution in [0.4, 0.5) is 0 Å². The van der Waals surface area contributed by atoms with Crippen molar-refractivity contribution in [3.63, 3.8) is 0 Å². The number of ether oxygens (including phenoxy) is 2. The number of esters is 1. The first kappa shape index (κ1) is 26.0. The van der Waals surface area contributed by atoms with Gasteiger partial charge in [0.15, 0.2) is 0 Å². The van der Waals surface area contributed by atoms with Crippen LogP contribution < -0.4 is 20.4 Å². The summed E-state index contributed by atoms with van der Waals surface area (Å²) in [7, 11) is 0. The molecule has 0 radical (unpaired) electrons. The molecule has 1 saturated heterocycles. The van der Waals surface area contributed by atoms with Gasteiger partial charge in [0.25, 0.3) is 5.91 Å². The normalized spacial score (nSPS) is 16.1. The molecule has 1 N–H and O–H groups in total. The summed E-state index contributed by atoms with van der Waals surface area (Å²) < 4.78 is 17.0. The molecule has 1 amide bonds. The number of nitrogens with one attached hydrogen (secondary N) is 1. The van der Waals surface area contributed by atoms with Crippen LogP contribution in [0.2, 0.25) is 0 Å². The van der Waals surface area contributed by atoms with Crippen LogP contribution in [0, 0.1) is 0 Å². The number of rotatable bonds is 8. The average molecular weight is 519 g/mol. The number of aryl methyl sites for hydroxylation is 1. The number of carbonyl (C=O) groups is 2. The van der Waals surface area contributed by atoms with Crippen molar-refractivity contribution in [1.29, 1.82) is 0 Å². The van der Waals surface area contributed by atoms with Crippen molar-refractivity contribution in [2.75, 3.05) is 26.2 Å². The molecule has 200 valence electrons. The number of hydrogen-bond acceptors (Lipinski definition) is 7. The Hall–Kier alpha value is -3.65. The third kappa shape index (κ3) is 5.91. The lowest BCUT2D eigenvalue weighted by Gasteiger charge is -2.32. The van der Waals surface area contributed by atoms with E-state index in [9.17, 15) is 14.4 Å². The highest BCUT2D eigenvalue weighted by atomic mass is 16.5. The topological polar surface area (TPSA) is 98.1 Å². The van der Waals surface area contributed by atoms with E-state index in [1.807, 2.05) is 18.2 Å². The molecule has 1 aliphatic heterocycles. The maximum absolute atomic E-state index is 12.8. The van der Waals surface area contributed by atoms with Crippen LogP contribution in [0.1, 0.15) is 60.5 Å². The Balaban J connectivity index is 1.10. The fraction of sp³-hybridized carbons (Fsp3) is 0.433. The molecule has 3 aromatic rings. The molecule has 8 heteroatoms. The number of nitrogens with zero attached hydrogens (tertiary/aromatic N) is 1. The Labute approximate surface area is 221 Å². The first-order valence-corrected chi connectivity index (χ1v) is 13.5. The second-order valence-corrected chi connectivity index (χ2v) is 10.1. The number of benzene rings is 2. The minimum absolute atomic E-state index is 0.0805. The van der Waals surface area contributed by atoms with Gasteiger partial charge in [-0.15, -0.1) is 0 Å². The minimum atomic E-state index is -0.450. The predicted octanol–water partition coefficient (Wildman–Crippen LogP) is 4.26. The van der Waals surface area contributed by atoms with Crippen LogP contribution in [-0.2, 0) is 17.6 Å². The molecule has 2 heterocycles. The number of amides is 1. The van der Waals surface area contributed by atoms with Gasteiger partial charge in [-0.1, -0.05) is 18.2 Å². The lowest BCUT2D eigenvalue weighted by molar-refractivity contribution is -0.131. The zero-order valence-corrected chi connectivity index (χ0v) is 21.8. The van der Waals surface area contributed by atoms with E-state index in [0.717, 1.165) is 86.8 Å². The summed E-state index contributed by atoms with van der Waals surface area (Å²) in [6.45, 7) is 4.60. The molecule has 0 spiro atoms. The lowest BCUT2D eigenvalue weighted by atomic mass is 9.90. The zero-order valence-electron chi connectivity index (χ0n) is 21.8. The van der Waals surface area contributed by atoms with Gasteiger partial charge in [-0.25, -0.2) is 4.79 Å². The quantitative estimate of drug-likeness (QED) is 0.206. The molecule has 2 aliphatic rings. The van der Waals surface area contributed by atoms with Crippen molar-refractivity contribution in [3.8, 4) is 11.5 Å². The smallest absolute Gasteiger partial charge is 0.339 e. The van der Waals surface area contributed by atoms with Crippen molar-refractivity contribution >= 4 is 22.8 Å². The van der Waals surface area contributed by atoms with Crippen LogP contribution >= 0.6 is 0 Å². The Morgan fingerprint density at radius 3 is 2.53 bits per heavy atom. The van der Waals surface area contributed by atoms with Crippen LogP contribution in [-0.4, -0.2) is 49.1 Å². The van der Waals surface area contributed by atoms with Gasteiger partial charge in [-0.2, -0.15) is 0 Å². The summed E-state index contributed by atoms with van der Waals surface area (Å²) in [6.07, 6.45) is 6.36. The fourth-order valence-electron chi connectivity index (χ4n) is 5.51. The highest BCUT2D eigenvalue weighted by molar-refractivity contribution is 5.97. The largest absolute Gasteiger partial charge is 0.493 e. The van der Waals surface area contributed by atoms with E-state index in [0.29, 0.717) is 17.8 Å². The molecule has 1 aromatic heterocycles. The molecule has 0 saturated carbocycles. The van der Waals surface area contributed by atoms with Gasteiger partial charge in [0.2, 0.25) is 0 Å². The van der Waals surface area contributed by atoms with Crippen LogP contribution in [0.15, 0.2) is 51.7 Å². The lowest BCUT2D eigenvalue weighted by Crippen LogP contribution is -2.45. The highest BCUT2D eigenvalue weighted by Gasteiger charge is 2.23. The minimum Gasteiger partial charge on any atom is -0.493 e.